The van der Waals surface area contributed by atoms with Gasteiger partial charge in [0.15, 0.2) is 0 Å². The average molecular weight is 295 g/mol. The highest BCUT2D eigenvalue weighted by Gasteiger charge is 2.12. The molecule has 1 amide bonds. The average Bonchev–Trinajstić information content (AvgIpc) is 3.05. The number of anilines is 1. The number of unbranched alkanes of at least 4 members (excludes halogenated alkanes) is 1. The van der Waals surface area contributed by atoms with E-state index in [9.17, 15) is 4.79 Å². The summed E-state index contributed by atoms with van der Waals surface area (Å²) in [5.74, 6) is -0.0945. The van der Waals surface area contributed by atoms with Crippen LogP contribution in [0.2, 0.25) is 0 Å². The number of thiophene rings is 1. The van der Waals surface area contributed by atoms with E-state index in [1.54, 1.807) is 0 Å². The number of hydrogen-bond donors (Lipinski definition) is 1. The highest BCUT2D eigenvalue weighted by atomic mass is 32.1. The molecule has 0 aliphatic heterocycles. The minimum absolute atomic E-state index is 0.0945. The fourth-order valence-corrected chi connectivity index (χ4v) is 3.20. The second kappa shape index (κ2) is 6.77. The monoisotopic (exact) mass is 295 g/mol. The number of nitrogens with one attached hydrogen (secondary N) is 1. The molecule has 2 rings (SSSR count). The third-order valence-corrected chi connectivity index (χ3v) is 4.79. The predicted octanol–water partition coefficient (Wildman–Crippen LogP) is 3.76. The third kappa shape index (κ3) is 3.84. The highest BCUT2D eigenvalue weighted by Crippen LogP contribution is 2.21. The van der Waals surface area contributed by atoms with Gasteiger partial charge in [0.1, 0.15) is 5.01 Å². The fraction of sp³-hybridized carbons (Fsp3) is 0.462. The van der Waals surface area contributed by atoms with E-state index in [2.05, 4.69) is 29.4 Å². The lowest BCUT2D eigenvalue weighted by molar-refractivity contribution is 0.103. The Labute approximate surface area is 120 Å². The molecule has 6 heteroatoms. The summed E-state index contributed by atoms with van der Waals surface area (Å²) in [6.45, 7) is 4.23. The van der Waals surface area contributed by atoms with Crippen LogP contribution in [0.25, 0.3) is 0 Å². The summed E-state index contributed by atoms with van der Waals surface area (Å²) in [4.78, 5) is 13.9. The molecule has 2 aromatic heterocycles. The Kier molecular flexibility index (Phi) is 5.04. The Morgan fingerprint density at radius 1 is 1.26 bits per heavy atom. The van der Waals surface area contributed by atoms with Crippen molar-refractivity contribution in [3.8, 4) is 0 Å². The Bertz CT molecular complexity index is 548. The van der Waals surface area contributed by atoms with Crippen molar-refractivity contribution in [3.63, 3.8) is 0 Å². The largest absolute Gasteiger partial charge is 0.296 e. The molecule has 102 valence electrons. The molecule has 0 unspecified atom stereocenters. The Balaban J connectivity index is 1.96. The summed E-state index contributed by atoms with van der Waals surface area (Å²) in [6.07, 6.45) is 4.13. The number of nitrogens with zero attached hydrogens (tertiary/aromatic N) is 2. The van der Waals surface area contributed by atoms with Crippen molar-refractivity contribution in [2.75, 3.05) is 5.32 Å². The van der Waals surface area contributed by atoms with Crippen molar-refractivity contribution < 1.29 is 4.79 Å². The van der Waals surface area contributed by atoms with Gasteiger partial charge in [0.05, 0.1) is 4.88 Å². The van der Waals surface area contributed by atoms with Crippen LogP contribution in [0.4, 0.5) is 5.13 Å². The van der Waals surface area contributed by atoms with Gasteiger partial charge in [0, 0.05) is 11.3 Å². The van der Waals surface area contributed by atoms with Crippen LogP contribution in [0, 0.1) is 0 Å². The van der Waals surface area contributed by atoms with E-state index in [1.807, 2.05) is 12.1 Å². The molecule has 0 fully saturated rings. The molecule has 0 aliphatic rings. The van der Waals surface area contributed by atoms with E-state index < -0.39 is 0 Å². The number of rotatable bonds is 6. The van der Waals surface area contributed by atoms with Gasteiger partial charge >= 0.3 is 0 Å². The minimum Gasteiger partial charge on any atom is -0.296 e. The summed E-state index contributed by atoms with van der Waals surface area (Å²) in [5, 5.41) is 12.5. The molecule has 0 saturated heterocycles. The van der Waals surface area contributed by atoms with Crippen LogP contribution in [0.5, 0.6) is 0 Å². The SMILES string of the molecule is CCCCc1nnc(NC(=O)c2ccc(CC)s2)s1. The van der Waals surface area contributed by atoms with Gasteiger partial charge in [-0.25, -0.2) is 0 Å². The standard InChI is InChI=1S/C13H17N3OS2/c1-3-5-6-11-15-16-13(19-11)14-12(17)10-8-7-9(4-2)18-10/h7-8H,3-6H2,1-2H3,(H,14,16,17). The van der Waals surface area contributed by atoms with Gasteiger partial charge in [0.2, 0.25) is 5.13 Å². The van der Waals surface area contributed by atoms with Crippen molar-refractivity contribution in [2.24, 2.45) is 0 Å². The molecular weight excluding hydrogens is 278 g/mol. The van der Waals surface area contributed by atoms with Crippen molar-refractivity contribution in [2.45, 2.75) is 39.5 Å². The highest BCUT2D eigenvalue weighted by molar-refractivity contribution is 7.16. The van der Waals surface area contributed by atoms with Gasteiger partial charge in [-0.3, -0.25) is 10.1 Å². The minimum atomic E-state index is -0.0945. The van der Waals surface area contributed by atoms with Crippen molar-refractivity contribution in [1.29, 1.82) is 0 Å². The van der Waals surface area contributed by atoms with E-state index in [4.69, 9.17) is 0 Å². The lowest BCUT2D eigenvalue weighted by atomic mass is 10.3. The van der Waals surface area contributed by atoms with Gasteiger partial charge < -0.3 is 0 Å². The van der Waals surface area contributed by atoms with E-state index in [0.29, 0.717) is 5.13 Å². The molecular formula is C13H17N3OS2. The second-order valence-corrected chi connectivity index (χ2v) is 6.41. The van der Waals surface area contributed by atoms with Crippen LogP contribution >= 0.6 is 22.7 Å². The first-order valence-corrected chi connectivity index (χ1v) is 8.08. The third-order valence-electron chi connectivity index (χ3n) is 2.67. The summed E-state index contributed by atoms with van der Waals surface area (Å²) in [5.41, 5.74) is 0. The maximum absolute atomic E-state index is 12.0. The quantitative estimate of drug-likeness (QED) is 0.883. The van der Waals surface area contributed by atoms with Gasteiger partial charge in [-0.15, -0.1) is 21.5 Å². The van der Waals surface area contributed by atoms with Crippen LogP contribution in [0.15, 0.2) is 12.1 Å². The molecule has 2 heterocycles. The van der Waals surface area contributed by atoms with E-state index in [-0.39, 0.29) is 5.91 Å². The Morgan fingerprint density at radius 2 is 2.11 bits per heavy atom. The maximum Gasteiger partial charge on any atom is 0.267 e. The van der Waals surface area contributed by atoms with Gasteiger partial charge in [-0.2, -0.15) is 0 Å². The van der Waals surface area contributed by atoms with Gasteiger partial charge in [0.25, 0.3) is 5.91 Å². The molecule has 2 aromatic rings. The van der Waals surface area contributed by atoms with Crippen LogP contribution in [0.3, 0.4) is 0 Å². The zero-order valence-corrected chi connectivity index (χ0v) is 12.7. The van der Waals surface area contributed by atoms with E-state index in [0.717, 1.165) is 35.6 Å². The summed E-state index contributed by atoms with van der Waals surface area (Å²) in [6, 6.07) is 3.85. The molecule has 0 radical (unpaired) electrons. The first kappa shape index (κ1) is 14.1. The van der Waals surface area contributed by atoms with Gasteiger partial charge in [-0.05, 0) is 25.0 Å². The smallest absolute Gasteiger partial charge is 0.267 e. The fourth-order valence-electron chi connectivity index (χ4n) is 1.58. The van der Waals surface area contributed by atoms with Crippen molar-refractivity contribution in [3.05, 3.63) is 26.9 Å². The summed E-state index contributed by atoms with van der Waals surface area (Å²) < 4.78 is 0. The second-order valence-electron chi connectivity index (χ2n) is 4.18. The van der Waals surface area contributed by atoms with E-state index >= 15 is 0 Å². The molecule has 0 aromatic carbocycles. The first-order valence-electron chi connectivity index (χ1n) is 6.45. The molecule has 0 atom stereocenters. The number of carbonyl (C=O) groups excluding carboxylic acids is 1. The lowest BCUT2D eigenvalue weighted by Gasteiger charge is -1.96. The number of hydrogen-bond acceptors (Lipinski definition) is 5. The van der Waals surface area contributed by atoms with E-state index in [1.165, 1.54) is 27.6 Å². The van der Waals surface area contributed by atoms with Crippen molar-refractivity contribution >= 4 is 33.7 Å². The molecule has 0 saturated carbocycles. The number of carbonyl (C=O) groups is 1. The van der Waals surface area contributed by atoms with Gasteiger partial charge in [-0.1, -0.05) is 31.6 Å². The van der Waals surface area contributed by atoms with Crippen molar-refractivity contribution in [1.82, 2.24) is 10.2 Å². The first-order chi connectivity index (χ1) is 9.22. The Morgan fingerprint density at radius 3 is 2.79 bits per heavy atom. The predicted molar refractivity (Wildman–Crippen MR) is 80.2 cm³/mol. The van der Waals surface area contributed by atoms with Crippen LogP contribution < -0.4 is 5.32 Å². The lowest BCUT2D eigenvalue weighted by Crippen LogP contribution is -2.09. The molecule has 0 aliphatic carbocycles. The molecule has 0 bridgehead atoms. The Hall–Kier alpha value is -1.27. The normalized spacial score (nSPS) is 10.6. The number of amides is 1. The topological polar surface area (TPSA) is 54.9 Å². The number of aromatic nitrogens is 2. The molecule has 19 heavy (non-hydrogen) atoms. The molecule has 4 nitrogen and oxygen atoms in total. The summed E-state index contributed by atoms with van der Waals surface area (Å²) in [7, 11) is 0. The maximum atomic E-state index is 12.0. The summed E-state index contributed by atoms with van der Waals surface area (Å²) >= 11 is 2.98. The number of aryl methyl sites for hydroxylation is 2. The zero-order valence-electron chi connectivity index (χ0n) is 11.1. The van der Waals surface area contributed by atoms with Crippen LogP contribution in [-0.4, -0.2) is 16.1 Å². The zero-order chi connectivity index (χ0) is 13.7. The molecule has 1 N–H and O–H groups in total. The van der Waals surface area contributed by atoms with Crippen LogP contribution in [0.1, 0.15) is 46.2 Å². The molecule has 0 spiro atoms. The van der Waals surface area contributed by atoms with Crippen LogP contribution in [-0.2, 0) is 12.8 Å².